The van der Waals surface area contributed by atoms with E-state index >= 15 is 0 Å². The molecule has 0 bridgehead atoms. The van der Waals surface area contributed by atoms with Crippen LogP contribution in [0.4, 0.5) is 4.79 Å². The predicted molar refractivity (Wildman–Crippen MR) is 94.1 cm³/mol. The van der Waals surface area contributed by atoms with E-state index in [9.17, 15) is 4.79 Å². The molecule has 1 amide bonds. The Balaban J connectivity index is 1.45. The number of nitrogens with one attached hydrogen (secondary N) is 1. The molecule has 0 saturated heterocycles. The molecule has 0 radical (unpaired) electrons. The lowest BCUT2D eigenvalue weighted by Crippen LogP contribution is -2.31. The van der Waals surface area contributed by atoms with Crippen LogP contribution in [0, 0.1) is 5.41 Å². The topological polar surface area (TPSA) is 38.3 Å². The monoisotopic (exact) mass is 373 g/mol. The molecule has 0 atom stereocenters. The number of halogens is 1. The van der Waals surface area contributed by atoms with Gasteiger partial charge in [0.15, 0.2) is 0 Å². The highest BCUT2D eigenvalue weighted by Crippen LogP contribution is 2.48. The molecular formula is C19H20BrNO2. The van der Waals surface area contributed by atoms with Crippen molar-refractivity contribution in [2.24, 2.45) is 5.41 Å². The first kappa shape index (κ1) is 16.1. The van der Waals surface area contributed by atoms with Crippen LogP contribution in [0.1, 0.15) is 24.0 Å². The Hall–Kier alpha value is -1.81. The minimum absolute atomic E-state index is 0.201. The molecule has 0 spiro atoms. The van der Waals surface area contributed by atoms with Gasteiger partial charge in [-0.3, -0.25) is 0 Å². The van der Waals surface area contributed by atoms with E-state index in [0.29, 0.717) is 13.2 Å². The average Bonchev–Trinajstić information content (AvgIpc) is 3.32. The van der Waals surface area contributed by atoms with Crippen LogP contribution in [0.3, 0.4) is 0 Å². The van der Waals surface area contributed by atoms with Crippen LogP contribution in [-0.4, -0.2) is 12.6 Å². The van der Waals surface area contributed by atoms with Crippen molar-refractivity contribution >= 4 is 22.0 Å². The summed E-state index contributed by atoms with van der Waals surface area (Å²) in [7, 11) is 0. The minimum Gasteiger partial charge on any atom is -0.445 e. The highest BCUT2D eigenvalue weighted by molar-refractivity contribution is 9.10. The summed E-state index contributed by atoms with van der Waals surface area (Å²) < 4.78 is 6.36. The van der Waals surface area contributed by atoms with E-state index < -0.39 is 0 Å². The zero-order valence-electron chi connectivity index (χ0n) is 12.9. The molecule has 0 unspecified atom stereocenters. The lowest BCUT2D eigenvalue weighted by Gasteiger charge is -2.16. The molecule has 2 aromatic rings. The van der Waals surface area contributed by atoms with Crippen molar-refractivity contribution in [2.75, 3.05) is 6.54 Å². The summed E-state index contributed by atoms with van der Waals surface area (Å²) in [5.74, 6) is 0. The molecule has 120 valence electrons. The molecule has 0 aromatic heterocycles. The number of benzene rings is 2. The third-order valence-corrected chi connectivity index (χ3v) is 4.74. The first-order chi connectivity index (χ1) is 11.2. The molecule has 3 nitrogen and oxygen atoms in total. The normalized spacial score (nSPS) is 15.0. The van der Waals surface area contributed by atoms with Crippen LogP contribution in [0.15, 0.2) is 59.1 Å². The van der Waals surface area contributed by atoms with E-state index in [1.165, 1.54) is 5.56 Å². The summed E-state index contributed by atoms with van der Waals surface area (Å²) in [4.78, 5) is 11.9. The molecule has 1 fully saturated rings. The molecule has 1 aliphatic rings. The van der Waals surface area contributed by atoms with Gasteiger partial charge in [0.05, 0.1) is 0 Å². The zero-order chi connectivity index (χ0) is 16.1. The molecule has 2 aromatic carbocycles. The molecule has 3 rings (SSSR count). The summed E-state index contributed by atoms with van der Waals surface area (Å²) in [6, 6.07) is 18.1. The number of amides is 1. The van der Waals surface area contributed by atoms with Crippen molar-refractivity contribution < 1.29 is 9.53 Å². The van der Waals surface area contributed by atoms with E-state index in [1.807, 2.05) is 36.4 Å². The maximum atomic E-state index is 11.9. The fraction of sp³-hybridized carbons (Fsp3) is 0.316. The number of carbonyl (C=O) groups is 1. The largest absolute Gasteiger partial charge is 0.445 e. The van der Waals surface area contributed by atoms with Gasteiger partial charge in [-0.2, -0.15) is 0 Å². The fourth-order valence-corrected chi connectivity index (χ4v) is 3.15. The Kier molecular flexibility index (Phi) is 5.01. The average molecular weight is 374 g/mol. The Morgan fingerprint density at radius 3 is 2.52 bits per heavy atom. The number of ether oxygens (including phenoxy) is 1. The third-order valence-electron chi connectivity index (χ3n) is 4.25. The van der Waals surface area contributed by atoms with Crippen LogP contribution >= 0.6 is 15.9 Å². The molecule has 23 heavy (non-hydrogen) atoms. The quantitative estimate of drug-likeness (QED) is 0.796. The number of alkyl carbamates (subject to hydrolysis) is 1. The predicted octanol–water partition coefficient (Wildman–Crippen LogP) is 4.70. The van der Waals surface area contributed by atoms with Gasteiger partial charge in [-0.25, -0.2) is 4.79 Å². The molecular weight excluding hydrogens is 354 g/mol. The number of rotatable bonds is 6. The van der Waals surface area contributed by atoms with Gasteiger partial charge in [0.25, 0.3) is 0 Å². The summed E-state index contributed by atoms with van der Waals surface area (Å²) in [5, 5.41) is 2.92. The van der Waals surface area contributed by atoms with Gasteiger partial charge in [0, 0.05) is 11.0 Å². The Morgan fingerprint density at radius 1 is 1.09 bits per heavy atom. The van der Waals surface area contributed by atoms with Crippen LogP contribution < -0.4 is 5.32 Å². The van der Waals surface area contributed by atoms with E-state index in [-0.39, 0.29) is 11.5 Å². The van der Waals surface area contributed by atoms with Crippen LogP contribution in [0.5, 0.6) is 0 Å². The van der Waals surface area contributed by atoms with Crippen molar-refractivity contribution in [3.63, 3.8) is 0 Å². The van der Waals surface area contributed by atoms with E-state index in [1.54, 1.807) is 0 Å². The maximum Gasteiger partial charge on any atom is 0.407 e. The SMILES string of the molecule is O=C(NCC1(Cc2cccc(Br)c2)CC1)OCc1ccccc1. The summed E-state index contributed by atoms with van der Waals surface area (Å²) in [5.41, 5.74) is 2.50. The Bertz CT molecular complexity index is 668. The van der Waals surface area contributed by atoms with Gasteiger partial charge in [-0.05, 0) is 47.9 Å². The van der Waals surface area contributed by atoms with Crippen molar-refractivity contribution in [3.05, 3.63) is 70.2 Å². The second-order valence-corrected chi connectivity index (χ2v) is 7.14. The molecule has 4 heteroatoms. The second kappa shape index (κ2) is 7.18. The lowest BCUT2D eigenvalue weighted by atomic mass is 9.96. The number of hydrogen-bond acceptors (Lipinski definition) is 2. The van der Waals surface area contributed by atoms with Crippen LogP contribution in [0.25, 0.3) is 0 Å². The minimum atomic E-state index is -0.339. The molecule has 0 heterocycles. The van der Waals surface area contributed by atoms with E-state index in [0.717, 1.165) is 29.3 Å². The summed E-state index contributed by atoms with van der Waals surface area (Å²) >= 11 is 3.51. The summed E-state index contributed by atoms with van der Waals surface area (Å²) in [6.45, 7) is 0.985. The van der Waals surface area contributed by atoms with Crippen LogP contribution in [0.2, 0.25) is 0 Å². The van der Waals surface area contributed by atoms with Gasteiger partial charge in [0.2, 0.25) is 0 Å². The Morgan fingerprint density at radius 2 is 1.83 bits per heavy atom. The first-order valence-electron chi connectivity index (χ1n) is 7.84. The maximum absolute atomic E-state index is 11.9. The van der Waals surface area contributed by atoms with Gasteiger partial charge < -0.3 is 10.1 Å². The van der Waals surface area contributed by atoms with Gasteiger partial charge >= 0.3 is 6.09 Å². The smallest absolute Gasteiger partial charge is 0.407 e. The lowest BCUT2D eigenvalue weighted by molar-refractivity contribution is 0.137. The highest BCUT2D eigenvalue weighted by atomic mass is 79.9. The number of hydrogen-bond donors (Lipinski definition) is 1. The fourth-order valence-electron chi connectivity index (χ4n) is 2.71. The van der Waals surface area contributed by atoms with E-state index in [2.05, 4.69) is 39.4 Å². The van der Waals surface area contributed by atoms with Crippen molar-refractivity contribution in [2.45, 2.75) is 25.9 Å². The Labute approximate surface area is 145 Å². The van der Waals surface area contributed by atoms with Crippen molar-refractivity contribution in [1.29, 1.82) is 0 Å². The second-order valence-electron chi connectivity index (χ2n) is 6.22. The van der Waals surface area contributed by atoms with Crippen molar-refractivity contribution in [3.8, 4) is 0 Å². The van der Waals surface area contributed by atoms with Gasteiger partial charge in [-0.1, -0.05) is 58.4 Å². The molecule has 1 saturated carbocycles. The van der Waals surface area contributed by atoms with Crippen LogP contribution in [-0.2, 0) is 17.8 Å². The number of carbonyl (C=O) groups excluding carboxylic acids is 1. The van der Waals surface area contributed by atoms with Gasteiger partial charge in [-0.15, -0.1) is 0 Å². The molecule has 0 aliphatic heterocycles. The first-order valence-corrected chi connectivity index (χ1v) is 8.64. The summed E-state index contributed by atoms with van der Waals surface area (Å²) in [6.07, 6.45) is 2.96. The third kappa shape index (κ3) is 4.83. The standard InChI is InChI=1S/C19H20BrNO2/c20-17-8-4-7-16(11-17)12-19(9-10-19)14-21-18(22)23-13-15-5-2-1-3-6-15/h1-8,11H,9-10,12-14H2,(H,21,22). The molecule has 1 N–H and O–H groups in total. The molecule has 1 aliphatic carbocycles. The van der Waals surface area contributed by atoms with Crippen molar-refractivity contribution in [1.82, 2.24) is 5.32 Å². The van der Waals surface area contributed by atoms with Gasteiger partial charge in [0.1, 0.15) is 6.61 Å². The highest BCUT2D eigenvalue weighted by Gasteiger charge is 2.42. The zero-order valence-corrected chi connectivity index (χ0v) is 14.5. The van der Waals surface area contributed by atoms with E-state index in [4.69, 9.17) is 4.74 Å².